The fourth-order valence-corrected chi connectivity index (χ4v) is 1.17. The lowest BCUT2D eigenvalue weighted by Crippen LogP contribution is -2.13. The topological polar surface area (TPSA) is 35.5 Å². The Morgan fingerprint density at radius 1 is 1.44 bits per heavy atom. The summed E-state index contributed by atoms with van der Waals surface area (Å²) in [5, 5.41) is 0. The molecule has 88 valence electrons. The third-order valence-corrected chi connectivity index (χ3v) is 2.02. The minimum Gasteiger partial charge on any atom is -0.494 e. The largest absolute Gasteiger partial charge is 0.494 e. The third kappa shape index (κ3) is 3.31. The Bertz CT molecular complexity index is 375. The maximum Gasteiger partial charge on any atom is 0.188 e. The van der Waals surface area contributed by atoms with Crippen LogP contribution in [-0.4, -0.2) is 25.6 Å². The van der Waals surface area contributed by atoms with E-state index in [0.29, 0.717) is 5.56 Å². The number of benzene rings is 1. The summed E-state index contributed by atoms with van der Waals surface area (Å²) in [7, 11) is 1.38. The van der Waals surface area contributed by atoms with E-state index in [2.05, 4.69) is 0 Å². The average Bonchev–Trinajstić information content (AvgIpc) is 2.25. The maximum absolute atomic E-state index is 13.3. The molecule has 0 radical (unpaired) electrons. The van der Waals surface area contributed by atoms with Gasteiger partial charge < -0.3 is 9.47 Å². The van der Waals surface area contributed by atoms with Gasteiger partial charge >= 0.3 is 0 Å². The number of Topliss-reactive ketones (excluding diaryl/α,β-unsaturated/α-hetero) is 1. The van der Waals surface area contributed by atoms with Gasteiger partial charge in [-0.3, -0.25) is 4.79 Å². The predicted molar refractivity (Wildman–Crippen MR) is 58.4 cm³/mol. The molecule has 0 heterocycles. The summed E-state index contributed by atoms with van der Waals surface area (Å²) >= 11 is 0. The van der Waals surface area contributed by atoms with Gasteiger partial charge in [0.05, 0.1) is 13.2 Å². The van der Waals surface area contributed by atoms with Gasteiger partial charge in [0.25, 0.3) is 0 Å². The minimum absolute atomic E-state index is 0.0213. The van der Waals surface area contributed by atoms with Crippen molar-refractivity contribution in [1.82, 2.24) is 0 Å². The molecular formula is C12H15FO3. The van der Waals surface area contributed by atoms with Crippen LogP contribution in [0.25, 0.3) is 0 Å². The van der Waals surface area contributed by atoms with Crippen LogP contribution in [0.15, 0.2) is 18.2 Å². The van der Waals surface area contributed by atoms with Gasteiger partial charge in [-0.2, -0.15) is 0 Å². The molecule has 0 saturated carbocycles. The molecule has 0 amide bonds. The van der Waals surface area contributed by atoms with Gasteiger partial charge in [-0.05, 0) is 32.0 Å². The summed E-state index contributed by atoms with van der Waals surface area (Å²) < 4.78 is 23.2. The lowest BCUT2D eigenvalue weighted by Gasteiger charge is -2.07. The SMILES string of the molecule is COc1ccc(C(=O)COC(C)C)cc1F. The van der Waals surface area contributed by atoms with E-state index in [-0.39, 0.29) is 24.2 Å². The van der Waals surface area contributed by atoms with Crippen LogP contribution in [0.1, 0.15) is 24.2 Å². The molecule has 0 aromatic heterocycles. The van der Waals surface area contributed by atoms with Crippen LogP contribution < -0.4 is 4.74 Å². The van der Waals surface area contributed by atoms with Gasteiger partial charge in [-0.15, -0.1) is 0 Å². The summed E-state index contributed by atoms with van der Waals surface area (Å²) in [5.41, 5.74) is 0.291. The van der Waals surface area contributed by atoms with Gasteiger partial charge in [0.1, 0.15) is 6.61 Å². The van der Waals surface area contributed by atoms with Crippen molar-refractivity contribution in [3.8, 4) is 5.75 Å². The van der Waals surface area contributed by atoms with E-state index in [1.54, 1.807) is 0 Å². The second kappa shape index (κ2) is 5.61. The zero-order chi connectivity index (χ0) is 12.1. The van der Waals surface area contributed by atoms with Crippen LogP contribution in [0, 0.1) is 5.82 Å². The van der Waals surface area contributed by atoms with E-state index in [9.17, 15) is 9.18 Å². The Morgan fingerprint density at radius 3 is 2.62 bits per heavy atom. The summed E-state index contributed by atoms with van der Waals surface area (Å²) in [4.78, 5) is 11.6. The monoisotopic (exact) mass is 226 g/mol. The number of carbonyl (C=O) groups is 1. The van der Waals surface area contributed by atoms with Gasteiger partial charge in [0.2, 0.25) is 0 Å². The van der Waals surface area contributed by atoms with Crippen LogP contribution in [0.2, 0.25) is 0 Å². The fourth-order valence-electron chi connectivity index (χ4n) is 1.17. The van der Waals surface area contributed by atoms with E-state index in [4.69, 9.17) is 9.47 Å². The molecule has 0 N–H and O–H groups in total. The number of halogens is 1. The first-order valence-corrected chi connectivity index (χ1v) is 5.03. The van der Waals surface area contributed by atoms with Crippen LogP contribution in [-0.2, 0) is 4.74 Å². The van der Waals surface area contributed by atoms with Crippen molar-refractivity contribution >= 4 is 5.78 Å². The highest BCUT2D eigenvalue weighted by Crippen LogP contribution is 2.18. The van der Waals surface area contributed by atoms with E-state index in [1.165, 1.54) is 19.2 Å². The quantitative estimate of drug-likeness (QED) is 0.723. The van der Waals surface area contributed by atoms with Crippen molar-refractivity contribution in [3.63, 3.8) is 0 Å². The molecule has 0 aliphatic rings. The first kappa shape index (κ1) is 12.6. The summed E-state index contributed by atoms with van der Waals surface area (Å²) in [6.07, 6.45) is -0.0213. The molecule has 1 aromatic carbocycles. The number of hydrogen-bond acceptors (Lipinski definition) is 3. The maximum atomic E-state index is 13.3. The Morgan fingerprint density at radius 2 is 2.12 bits per heavy atom. The van der Waals surface area contributed by atoms with Crippen molar-refractivity contribution in [2.75, 3.05) is 13.7 Å². The highest BCUT2D eigenvalue weighted by molar-refractivity contribution is 5.97. The highest BCUT2D eigenvalue weighted by Gasteiger charge is 2.10. The fraction of sp³-hybridized carbons (Fsp3) is 0.417. The minimum atomic E-state index is -0.544. The van der Waals surface area contributed by atoms with E-state index < -0.39 is 5.82 Å². The van der Waals surface area contributed by atoms with Crippen molar-refractivity contribution in [2.45, 2.75) is 20.0 Å². The van der Waals surface area contributed by atoms with Gasteiger partial charge in [0.15, 0.2) is 17.3 Å². The molecule has 16 heavy (non-hydrogen) atoms. The average molecular weight is 226 g/mol. The van der Waals surface area contributed by atoms with Crippen LogP contribution >= 0.6 is 0 Å². The number of ketones is 1. The highest BCUT2D eigenvalue weighted by atomic mass is 19.1. The number of rotatable bonds is 5. The van der Waals surface area contributed by atoms with Crippen molar-refractivity contribution in [3.05, 3.63) is 29.6 Å². The molecule has 0 spiro atoms. The van der Waals surface area contributed by atoms with E-state index in [0.717, 1.165) is 6.07 Å². The van der Waals surface area contributed by atoms with Gasteiger partial charge in [0, 0.05) is 5.56 Å². The van der Waals surface area contributed by atoms with Crippen LogP contribution in [0.5, 0.6) is 5.75 Å². The Labute approximate surface area is 94.2 Å². The van der Waals surface area contributed by atoms with Crippen LogP contribution in [0.4, 0.5) is 4.39 Å². The molecule has 0 bridgehead atoms. The summed E-state index contributed by atoms with van der Waals surface area (Å²) in [6.45, 7) is 3.63. The molecular weight excluding hydrogens is 211 g/mol. The second-order valence-corrected chi connectivity index (χ2v) is 3.63. The molecule has 4 heteroatoms. The Balaban J connectivity index is 2.73. The Hall–Kier alpha value is -1.42. The summed E-state index contributed by atoms with van der Waals surface area (Å²) in [5.74, 6) is -0.658. The van der Waals surface area contributed by atoms with E-state index in [1.807, 2.05) is 13.8 Å². The molecule has 1 aromatic rings. The van der Waals surface area contributed by atoms with Gasteiger partial charge in [-0.1, -0.05) is 0 Å². The molecule has 1 rings (SSSR count). The van der Waals surface area contributed by atoms with Crippen molar-refractivity contribution < 1.29 is 18.7 Å². The first-order chi connectivity index (χ1) is 7.54. The number of carbonyl (C=O) groups excluding carboxylic acids is 1. The van der Waals surface area contributed by atoms with Gasteiger partial charge in [-0.25, -0.2) is 4.39 Å². The zero-order valence-corrected chi connectivity index (χ0v) is 9.62. The predicted octanol–water partition coefficient (Wildman–Crippen LogP) is 2.44. The lowest BCUT2D eigenvalue weighted by molar-refractivity contribution is 0.0584. The van der Waals surface area contributed by atoms with Crippen LogP contribution in [0.3, 0.4) is 0 Å². The molecule has 0 atom stereocenters. The smallest absolute Gasteiger partial charge is 0.188 e. The lowest BCUT2D eigenvalue weighted by atomic mass is 10.1. The second-order valence-electron chi connectivity index (χ2n) is 3.63. The first-order valence-electron chi connectivity index (χ1n) is 5.03. The van der Waals surface area contributed by atoms with Crippen molar-refractivity contribution in [2.24, 2.45) is 0 Å². The molecule has 0 aliphatic carbocycles. The molecule has 0 unspecified atom stereocenters. The number of methoxy groups -OCH3 is 1. The third-order valence-electron chi connectivity index (χ3n) is 2.02. The molecule has 0 fully saturated rings. The summed E-state index contributed by atoms with van der Waals surface area (Å²) in [6, 6.07) is 4.11. The molecule has 0 aliphatic heterocycles. The molecule has 0 saturated heterocycles. The number of ether oxygens (including phenoxy) is 2. The normalized spacial score (nSPS) is 10.6. The van der Waals surface area contributed by atoms with Crippen molar-refractivity contribution in [1.29, 1.82) is 0 Å². The zero-order valence-electron chi connectivity index (χ0n) is 9.62. The number of hydrogen-bond donors (Lipinski definition) is 0. The van der Waals surface area contributed by atoms with E-state index >= 15 is 0 Å². The standard InChI is InChI=1S/C12H15FO3/c1-8(2)16-7-11(14)9-4-5-12(15-3)10(13)6-9/h4-6,8H,7H2,1-3H3. The molecule has 3 nitrogen and oxygen atoms in total. The Kier molecular flexibility index (Phi) is 4.43.